The zero-order valence-corrected chi connectivity index (χ0v) is 31.9. The van der Waals surface area contributed by atoms with Crippen LogP contribution in [0.4, 0.5) is 11.4 Å². The second-order valence-corrected chi connectivity index (χ2v) is 14.1. The molecule has 8 aromatic rings. The average molecular weight is 709 g/mol. The number of allylic oxidation sites excluding steroid dienone is 4. The van der Waals surface area contributed by atoms with Gasteiger partial charge in [0.25, 0.3) is 0 Å². The number of anilines is 2. The van der Waals surface area contributed by atoms with Crippen molar-refractivity contribution in [2.75, 3.05) is 4.90 Å². The van der Waals surface area contributed by atoms with Crippen molar-refractivity contribution in [2.45, 2.75) is 27.7 Å². The number of rotatable bonds is 8. The molecule has 55 heavy (non-hydrogen) atoms. The summed E-state index contributed by atoms with van der Waals surface area (Å²) in [6, 6.07) is 54.9. The molecular weight excluding hydrogens is 665 g/mol. The molecule has 0 atom stereocenters. The van der Waals surface area contributed by atoms with Crippen molar-refractivity contribution < 1.29 is 0 Å². The summed E-state index contributed by atoms with van der Waals surface area (Å²) in [5.41, 5.74) is 13.7. The van der Waals surface area contributed by atoms with E-state index >= 15 is 0 Å². The number of amidine groups is 1. The maximum atomic E-state index is 9.25. The molecule has 0 unspecified atom stereocenters. The van der Waals surface area contributed by atoms with Crippen LogP contribution in [0.25, 0.3) is 71.3 Å². The molecule has 2 heteroatoms. The Morgan fingerprint density at radius 2 is 1.11 bits per heavy atom. The minimum absolute atomic E-state index is 0.419. The van der Waals surface area contributed by atoms with Gasteiger partial charge < -0.3 is 0 Å². The summed E-state index contributed by atoms with van der Waals surface area (Å²) in [5.74, 6) is 0.419. The van der Waals surface area contributed by atoms with E-state index in [-0.39, 0.29) is 0 Å². The molecule has 2 nitrogen and oxygen atoms in total. The van der Waals surface area contributed by atoms with Crippen molar-refractivity contribution in [1.82, 2.24) is 0 Å². The lowest BCUT2D eigenvalue weighted by molar-refractivity contribution is 1.26. The zero-order chi connectivity index (χ0) is 38.1. The maximum Gasteiger partial charge on any atom is 0.129 e. The number of fused-ring (bicyclic) bond motifs is 3. The topological polar surface area (TPSA) is 27.1 Å². The predicted octanol–water partition coefficient (Wildman–Crippen LogP) is 15.0. The van der Waals surface area contributed by atoms with Crippen LogP contribution in [0, 0.1) is 19.3 Å². The molecule has 1 N–H and O–H groups in total. The molecule has 0 saturated heterocycles. The van der Waals surface area contributed by atoms with E-state index in [9.17, 15) is 5.41 Å². The minimum atomic E-state index is 0.419. The van der Waals surface area contributed by atoms with Gasteiger partial charge in [-0.3, -0.25) is 10.3 Å². The lowest BCUT2D eigenvalue weighted by Gasteiger charge is -2.28. The van der Waals surface area contributed by atoms with Crippen molar-refractivity contribution in [3.8, 4) is 33.4 Å². The Bertz CT molecular complexity index is 2780. The summed E-state index contributed by atoms with van der Waals surface area (Å²) >= 11 is 0. The largest absolute Gasteiger partial charge is 0.295 e. The Morgan fingerprint density at radius 1 is 0.545 bits per heavy atom. The number of nitrogens with one attached hydrogen (secondary N) is 1. The predicted molar refractivity (Wildman–Crippen MR) is 240 cm³/mol. The summed E-state index contributed by atoms with van der Waals surface area (Å²) in [6.45, 7) is 12.4. The standard InChI is InChI=1S/C53H44N2/c1-6-18-51(54)55(49-29-27-35(4)31-36(49)5)50-30-28-48(42-21-12-13-22-43(42)50)53-46-25-16-14-23-44(46)52(45-24-15-17-26-47(45)53)41-33-39(37(7-2)8-3)32-40(34-41)38-19-10-9-11-20-38/h6-34,54H,2H2,1,3-5H3/b18-6-,37-8+,54-51?. The molecule has 0 fully saturated rings. The first-order chi connectivity index (χ1) is 26.9. The molecule has 0 aliphatic carbocycles. The third-order valence-electron chi connectivity index (χ3n) is 10.7. The van der Waals surface area contributed by atoms with E-state index < -0.39 is 0 Å². The highest BCUT2D eigenvalue weighted by Gasteiger charge is 2.23. The van der Waals surface area contributed by atoms with Gasteiger partial charge in [-0.2, -0.15) is 0 Å². The number of benzene rings is 8. The molecule has 0 radical (unpaired) electrons. The normalized spacial score (nSPS) is 11.8. The molecule has 0 heterocycles. The van der Waals surface area contributed by atoms with Crippen LogP contribution in [0.2, 0.25) is 0 Å². The summed E-state index contributed by atoms with van der Waals surface area (Å²) in [6.07, 6.45) is 7.89. The summed E-state index contributed by atoms with van der Waals surface area (Å²) in [5, 5.41) is 16.3. The summed E-state index contributed by atoms with van der Waals surface area (Å²) in [7, 11) is 0. The van der Waals surface area contributed by atoms with Crippen LogP contribution in [0.3, 0.4) is 0 Å². The first kappa shape index (κ1) is 35.3. The van der Waals surface area contributed by atoms with Gasteiger partial charge in [0.05, 0.1) is 11.4 Å². The minimum Gasteiger partial charge on any atom is -0.295 e. The van der Waals surface area contributed by atoms with Crippen LogP contribution in [-0.4, -0.2) is 5.84 Å². The van der Waals surface area contributed by atoms with E-state index in [2.05, 4.69) is 190 Å². The monoisotopic (exact) mass is 708 g/mol. The average Bonchev–Trinajstić information content (AvgIpc) is 3.22. The van der Waals surface area contributed by atoms with Crippen molar-refractivity contribution in [3.05, 3.63) is 199 Å². The van der Waals surface area contributed by atoms with Crippen LogP contribution in [0.5, 0.6) is 0 Å². The van der Waals surface area contributed by atoms with Gasteiger partial charge in [0.2, 0.25) is 0 Å². The van der Waals surface area contributed by atoms with E-state index in [4.69, 9.17) is 0 Å². The van der Waals surface area contributed by atoms with Gasteiger partial charge in [-0.15, -0.1) is 0 Å². The quantitative estimate of drug-likeness (QED) is 0.0723. The van der Waals surface area contributed by atoms with Crippen molar-refractivity contribution >= 4 is 55.1 Å². The fourth-order valence-electron chi connectivity index (χ4n) is 8.24. The number of hydrogen-bond donors (Lipinski definition) is 1. The van der Waals surface area contributed by atoms with E-state index in [1.807, 2.05) is 25.2 Å². The number of aryl methyl sites for hydroxylation is 2. The second-order valence-electron chi connectivity index (χ2n) is 14.1. The van der Waals surface area contributed by atoms with Crippen LogP contribution in [0.15, 0.2) is 183 Å². The molecule has 0 bridgehead atoms. The highest BCUT2D eigenvalue weighted by atomic mass is 15.2. The maximum absolute atomic E-state index is 9.25. The molecule has 266 valence electrons. The fourth-order valence-corrected chi connectivity index (χ4v) is 8.24. The smallest absolute Gasteiger partial charge is 0.129 e. The first-order valence-corrected chi connectivity index (χ1v) is 19.0. The Kier molecular flexibility index (Phi) is 9.57. The lowest BCUT2D eigenvalue weighted by Crippen LogP contribution is -2.24. The molecule has 0 aliphatic heterocycles. The highest BCUT2D eigenvalue weighted by molar-refractivity contribution is 6.25. The van der Waals surface area contributed by atoms with Crippen molar-refractivity contribution in [2.24, 2.45) is 0 Å². The van der Waals surface area contributed by atoms with Gasteiger partial charge in [0.1, 0.15) is 5.84 Å². The SMILES string of the molecule is C=C/C(=C\C)c1cc(-c2ccccc2)cc(-c2c3ccccc3c(-c3ccc(N(C(=N)/C=C\C)c4ccc(C)cc4C)c4ccccc34)c3ccccc23)c1. The Labute approximate surface area is 324 Å². The molecule has 8 aromatic carbocycles. The van der Waals surface area contributed by atoms with E-state index in [1.165, 1.54) is 54.9 Å². The molecule has 0 amide bonds. The van der Waals surface area contributed by atoms with E-state index in [0.717, 1.165) is 44.4 Å². The lowest BCUT2D eigenvalue weighted by atomic mass is 9.83. The molecule has 8 rings (SSSR count). The fraction of sp³-hybridized carbons (Fsp3) is 0.0755. The van der Waals surface area contributed by atoms with Crippen LogP contribution in [0.1, 0.15) is 30.5 Å². The van der Waals surface area contributed by atoms with Gasteiger partial charge in [-0.05, 0) is 141 Å². The van der Waals surface area contributed by atoms with Crippen molar-refractivity contribution in [3.63, 3.8) is 0 Å². The van der Waals surface area contributed by atoms with Crippen LogP contribution in [-0.2, 0) is 0 Å². The van der Waals surface area contributed by atoms with Crippen molar-refractivity contribution in [1.29, 1.82) is 5.41 Å². The first-order valence-electron chi connectivity index (χ1n) is 19.0. The van der Waals surface area contributed by atoms with Gasteiger partial charge in [0, 0.05) is 5.39 Å². The molecule has 0 aliphatic rings. The number of nitrogens with zero attached hydrogens (tertiary/aromatic N) is 1. The van der Waals surface area contributed by atoms with Crippen LogP contribution < -0.4 is 4.90 Å². The third kappa shape index (κ3) is 6.36. The second kappa shape index (κ2) is 14.9. The molecule has 0 spiro atoms. The Morgan fingerprint density at radius 3 is 1.71 bits per heavy atom. The van der Waals surface area contributed by atoms with Gasteiger partial charge in [-0.1, -0.05) is 152 Å². The summed E-state index contributed by atoms with van der Waals surface area (Å²) < 4.78 is 0. The molecular formula is C53H44N2. The Balaban J connectivity index is 1.43. The van der Waals surface area contributed by atoms with Gasteiger partial charge in [-0.25, -0.2) is 0 Å². The van der Waals surface area contributed by atoms with Gasteiger partial charge in [0.15, 0.2) is 0 Å². The molecule has 0 saturated carbocycles. The van der Waals surface area contributed by atoms with Crippen LogP contribution >= 0.6 is 0 Å². The number of hydrogen-bond acceptors (Lipinski definition) is 1. The zero-order valence-electron chi connectivity index (χ0n) is 31.9. The molecule has 0 aromatic heterocycles. The summed E-state index contributed by atoms with van der Waals surface area (Å²) in [4.78, 5) is 2.08. The third-order valence-corrected chi connectivity index (χ3v) is 10.7. The highest BCUT2D eigenvalue weighted by Crippen LogP contribution is 2.48. The Hall–Kier alpha value is -6.77. The van der Waals surface area contributed by atoms with E-state index in [0.29, 0.717) is 5.84 Å². The van der Waals surface area contributed by atoms with Gasteiger partial charge >= 0.3 is 0 Å². The van der Waals surface area contributed by atoms with E-state index in [1.54, 1.807) is 0 Å².